The van der Waals surface area contributed by atoms with Gasteiger partial charge in [0.05, 0.1) is 0 Å². The standard InChI is InChI=1S/C10H11N3O2S/c1-11-8(14)2-3-9-12-10(13-15-9)7-4-5-16-6-7/h4-6H,2-3H2,1H3,(H,11,14). The van der Waals surface area contributed by atoms with Crippen molar-refractivity contribution < 1.29 is 9.32 Å². The van der Waals surface area contributed by atoms with Crippen LogP contribution in [0.15, 0.2) is 21.3 Å². The van der Waals surface area contributed by atoms with Gasteiger partial charge in [-0.3, -0.25) is 4.79 Å². The smallest absolute Gasteiger partial charge is 0.227 e. The van der Waals surface area contributed by atoms with E-state index in [1.807, 2.05) is 16.8 Å². The summed E-state index contributed by atoms with van der Waals surface area (Å²) in [5, 5.41) is 10.3. The quantitative estimate of drug-likeness (QED) is 0.874. The minimum atomic E-state index is -0.0321. The number of aryl methyl sites for hydroxylation is 1. The minimum absolute atomic E-state index is 0.0321. The summed E-state index contributed by atoms with van der Waals surface area (Å²) in [5.41, 5.74) is 0.944. The number of thiophene rings is 1. The van der Waals surface area contributed by atoms with Crippen LogP contribution in [-0.2, 0) is 11.2 Å². The Morgan fingerprint density at radius 2 is 2.50 bits per heavy atom. The van der Waals surface area contributed by atoms with Crippen LogP contribution in [-0.4, -0.2) is 23.1 Å². The lowest BCUT2D eigenvalue weighted by Gasteiger charge is -1.94. The van der Waals surface area contributed by atoms with Crippen molar-refractivity contribution in [1.82, 2.24) is 15.5 Å². The van der Waals surface area contributed by atoms with Gasteiger partial charge < -0.3 is 9.84 Å². The summed E-state index contributed by atoms with van der Waals surface area (Å²) < 4.78 is 5.05. The molecule has 1 amide bonds. The maximum atomic E-state index is 11.0. The summed E-state index contributed by atoms with van der Waals surface area (Å²) in [7, 11) is 1.60. The summed E-state index contributed by atoms with van der Waals surface area (Å²) in [4.78, 5) is 15.2. The summed E-state index contributed by atoms with van der Waals surface area (Å²) >= 11 is 1.58. The lowest BCUT2D eigenvalue weighted by atomic mass is 10.3. The molecule has 0 unspecified atom stereocenters. The van der Waals surface area contributed by atoms with Gasteiger partial charge >= 0.3 is 0 Å². The summed E-state index contributed by atoms with van der Waals surface area (Å²) in [6.07, 6.45) is 0.832. The predicted molar refractivity (Wildman–Crippen MR) is 60.0 cm³/mol. The van der Waals surface area contributed by atoms with Crippen molar-refractivity contribution in [2.75, 3.05) is 7.05 Å². The highest BCUT2D eigenvalue weighted by Gasteiger charge is 2.09. The molecule has 0 saturated carbocycles. The van der Waals surface area contributed by atoms with E-state index in [9.17, 15) is 4.79 Å². The van der Waals surface area contributed by atoms with Gasteiger partial charge in [0.1, 0.15) is 0 Å². The third kappa shape index (κ3) is 2.46. The Morgan fingerprint density at radius 1 is 1.62 bits per heavy atom. The van der Waals surface area contributed by atoms with Crippen LogP contribution in [0.5, 0.6) is 0 Å². The molecule has 0 atom stereocenters. The second-order valence-electron chi connectivity index (χ2n) is 3.20. The number of aromatic nitrogens is 2. The Labute approximate surface area is 96.5 Å². The Kier molecular flexibility index (Phi) is 3.31. The van der Waals surface area contributed by atoms with Gasteiger partial charge in [-0.1, -0.05) is 5.16 Å². The van der Waals surface area contributed by atoms with Crippen LogP contribution in [0.2, 0.25) is 0 Å². The Morgan fingerprint density at radius 3 is 3.19 bits per heavy atom. The molecule has 2 aromatic heterocycles. The molecule has 0 aliphatic heterocycles. The lowest BCUT2D eigenvalue weighted by molar-refractivity contribution is -0.120. The zero-order valence-corrected chi connectivity index (χ0v) is 9.58. The average Bonchev–Trinajstić information content (AvgIpc) is 2.95. The van der Waals surface area contributed by atoms with Gasteiger partial charge in [0.25, 0.3) is 0 Å². The highest BCUT2D eigenvalue weighted by atomic mass is 32.1. The highest BCUT2D eigenvalue weighted by Crippen LogP contribution is 2.18. The molecule has 0 radical (unpaired) electrons. The maximum absolute atomic E-state index is 11.0. The molecule has 2 heterocycles. The van der Waals surface area contributed by atoms with Crippen LogP contribution in [0.25, 0.3) is 11.4 Å². The molecular formula is C10H11N3O2S. The van der Waals surface area contributed by atoms with E-state index >= 15 is 0 Å². The topological polar surface area (TPSA) is 68.0 Å². The second kappa shape index (κ2) is 4.89. The van der Waals surface area contributed by atoms with Crippen LogP contribution in [0, 0.1) is 0 Å². The van der Waals surface area contributed by atoms with E-state index in [-0.39, 0.29) is 5.91 Å². The molecular weight excluding hydrogens is 226 g/mol. The number of carbonyl (C=O) groups is 1. The lowest BCUT2D eigenvalue weighted by Crippen LogP contribution is -2.17. The molecule has 0 aliphatic carbocycles. The van der Waals surface area contributed by atoms with Crippen LogP contribution >= 0.6 is 11.3 Å². The van der Waals surface area contributed by atoms with E-state index in [1.54, 1.807) is 18.4 Å². The number of carbonyl (C=O) groups excluding carboxylic acids is 1. The van der Waals surface area contributed by atoms with Crippen molar-refractivity contribution in [3.63, 3.8) is 0 Å². The van der Waals surface area contributed by atoms with Crippen molar-refractivity contribution in [2.45, 2.75) is 12.8 Å². The van der Waals surface area contributed by atoms with E-state index < -0.39 is 0 Å². The molecule has 0 spiro atoms. The van der Waals surface area contributed by atoms with E-state index in [4.69, 9.17) is 4.52 Å². The predicted octanol–water partition coefficient (Wildman–Crippen LogP) is 1.48. The second-order valence-corrected chi connectivity index (χ2v) is 3.98. The number of hydrogen-bond donors (Lipinski definition) is 1. The summed E-state index contributed by atoms with van der Waals surface area (Å²) in [5.74, 6) is 1.04. The normalized spacial score (nSPS) is 10.3. The number of amides is 1. The van der Waals surface area contributed by atoms with E-state index in [0.717, 1.165) is 5.56 Å². The van der Waals surface area contributed by atoms with Gasteiger partial charge in [-0.05, 0) is 11.4 Å². The zero-order valence-electron chi connectivity index (χ0n) is 8.77. The fourth-order valence-electron chi connectivity index (χ4n) is 1.21. The van der Waals surface area contributed by atoms with Crippen LogP contribution in [0.3, 0.4) is 0 Å². The van der Waals surface area contributed by atoms with Gasteiger partial charge in [-0.2, -0.15) is 16.3 Å². The molecule has 2 rings (SSSR count). The SMILES string of the molecule is CNC(=O)CCc1nc(-c2ccsc2)no1. The van der Waals surface area contributed by atoms with Crippen molar-refractivity contribution >= 4 is 17.2 Å². The van der Waals surface area contributed by atoms with Crippen molar-refractivity contribution in [3.8, 4) is 11.4 Å². The molecule has 0 saturated heterocycles. The fraction of sp³-hybridized carbons (Fsp3) is 0.300. The first-order valence-electron chi connectivity index (χ1n) is 4.85. The molecule has 0 fully saturated rings. The zero-order chi connectivity index (χ0) is 11.4. The molecule has 0 aliphatic rings. The number of rotatable bonds is 4. The Bertz CT molecular complexity index is 464. The van der Waals surface area contributed by atoms with Crippen LogP contribution in [0.1, 0.15) is 12.3 Å². The van der Waals surface area contributed by atoms with Crippen LogP contribution < -0.4 is 5.32 Å². The van der Waals surface area contributed by atoms with Gasteiger partial charge in [-0.15, -0.1) is 0 Å². The maximum Gasteiger partial charge on any atom is 0.227 e. The van der Waals surface area contributed by atoms with Crippen molar-refractivity contribution in [2.24, 2.45) is 0 Å². The first-order valence-corrected chi connectivity index (χ1v) is 5.79. The highest BCUT2D eigenvalue weighted by molar-refractivity contribution is 7.08. The molecule has 0 bridgehead atoms. The number of nitrogens with one attached hydrogen (secondary N) is 1. The monoisotopic (exact) mass is 237 g/mol. The van der Waals surface area contributed by atoms with Crippen molar-refractivity contribution in [1.29, 1.82) is 0 Å². The van der Waals surface area contributed by atoms with Crippen molar-refractivity contribution in [3.05, 3.63) is 22.7 Å². The summed E-state index contributed by atoms with van der Waals surface area (Å²) in [6, 6.07) is 1.93. The molecule has 1 N–H and O–H groups in total. The molecule has 16 heavy (non-hydrogen) atoms. The third-order valence-corrected chi connectivity index (χ3v) is 2.78. The minimum Gasteiger partial charge on any atom is -0.359 e. The fourth-order valence-corrected chi connectivity index (χ4v) is 1.85. The van der Waals surface area contributed by atoms with Crippen LogP contribution in [0.4, 0.5) is 0 Å². The Hall–Kier alpha value is -1.69. The number of nitrogens with zero attached hydrogens (tertiary/aromatic N) is 2. The van der Waals surface area contributed by atoms with Gasteiger partial charge in [0, 0.05) is 30.8 Å². The molecule has 84 valence electrons. The van der Waals surface area contributed by atoms with E-state index in [0.29, 0.717) is 24.6 Å². The molecule has 5 nitrogen and oxygen atoms in total. The average molecular weight is 237 g/mol. The van der Waals surface area contributed by atoms with E-state index in [2.05, 4.69) is 15.5 Å². The number of hydrogen-bond acceptors (Lipinski definition) is 5. The third-order valence-electron chi connectivity index (χ3n) is 2.09. The largest absolute Gasteiger partial charge is 0.359 e. The molecule has 0 aromatic carbocycles. The summed E-state index contributed by atoms with van der Waals surface area (Å²) in [6.45, 7) is 0. The van der Waals surface area contributed by atoms with Gasteiger partial charge in [-0.25, -0.2) is 0 Å². The first kappa shape index (κ1) is 10.8. The first-order chi connectivity index (χ1) is 7.79. The Balaban J connectivity index is 2.00. The molecule has 6 heteroatoms. The van der Waals surface area contributed by atoms with Gasteiger partial charge in [0.15, 0.2) is 0 Å². The van der Waals surface area contributed by atoms with Gasteiger partial charge in [0.2, 0.25) is 17.6 Å². The van der Waals surface area contributed by atoms with E-state index in [1.165, 1.54) is 0 Å². The molecule has 2 aromatic rings.